The topological polar surface area (TPSA) is 74.0 Å². The van der Waals surface area contributed by atoms with Crippen molar-refractivity contribution < 1.29 is 9.90 Å². The zero-order chi connectivity index (χ0) is 17.8. The Morgan fingerprint density at radius 2 is 2.04 bits per heavy atom. The number of rotatable bonds is 5. The van der Waals surface area contributed by atoms with E-state index in [2.05, 4.69) is 23.2 Å². The Balaban J connectivity index is 1.86. The summed E-state index contributed by atoms with van der Waals surface area (Å²) in [6, 6.07) is 18.0. The van der Waals surface area contributed by atoms with Gasteiger partial charge >= 0.3 is 156 Å². The Bertz CT molecular complexity index is 961. The molecule has 2 aromatic carbocycles. The number of aromatic carboxylic acids is 1. The molecule has 25 heavy (non-hydrogen) atoms. The number of carboxylic acid groups (broad SMARTS) is 1. The standard InChI is InChI=1S/C19H14N2O2SSe/c1-12-17(19(22)23)25-18(21-12)14-7-8-16(15(9-14)10-20)24-11-13-5-3-2-4-6-13/h2-9H,11H2,1H3,(H,22,23). The molecule has 1 aromatic heterocycles. The fourth-order valence-electron chi connectivity index (χ4n) is 2.33. The van der Waals surface area contributed by atoms with Crippen LogP contribution < -0.4 is 0 Å². The molecule has 0 aliphatic heterocycles. The Morgan fingerprint density at radius 1 is 1.28 bits per heavy atom. The van der Waals surface area contributed by atoms with Gasteiger partial charge in [-0.1, -0.05) is 0 Å². The van der Waals surface area contributed by atoms with E-state index >= 15 is 0 Å². The number of aryl methyl sites for hydroxylation is 1. The average Bonchev–Trinajstić information content (AvgIpc) is 3.02. The van der Waals surface area contributed by atoms with Crippen molar-refractivity contribution in [3.05, 3.63) is 69.8 Å². The minimum absolute atomic E-state index is 0.332. The van der Waals surface area contributed by atoms with Crippen molar-refractivity contribution in [3.8, 4) is 16.2 Å². The monoisotopic (exact) mass is 414 g/mol. The van der Waals surface area contributed by atoms with Crippen molar-refractivity contribution in [2.75, 3.05) is 0 Å². The zero-order valence-corrected chi connectivity index (χ0v) is 15.9. The van der Waals surface area contributed by atoms with Crippen molar-refractivity contribution in [3.63, 3.8) is 0 Å². The van der Waals surface area contributed by atoms with Gasteiger partial charge in [0.15, 0.2) is 0 Å². The van der Waals surface area contributed by atoms with Crippen LogP contribution in [0.3, 0.4) is 0 Å². The fraction of sp³-hybridized carbons (Fsp3) is 0.105. The second-order valence-electron chi connectivity index (χ2n) is 5.34. The van der Waals surface area contributed by atoms with Gasteiger partial charge < -0.3 is 0 Å². The van der Waals surface area contributed by atoms with E-state index < -0.39 is 5.97 Å². The molecule has 124 valence electrons. The first-order valence-corrected chi connectivity index (χ1v) is 10.2. The Labute approximate surface area is 155 Å². The molecule has 0 unspecified atom stereocenters. The van der Waals surface area contributed by atoms with E-state index in [1.165, 1.54) is 5.56 Å². The van der Waals surface area contributed by atoms with Crippen LogP contribution in [0.15, 0.2) is 53.4 Å². The van der Waals surface area contributed by atoms with Gasteiger partial charge in [0.25, 0.3) is 0 Å². The van der Waals surface area contributed by atoms with E-state index in [1.807, 2.05) is 36.4 Å². The number of nitrogens with zero attached hydrogens (tertiary/aromatic N) is 2. The molecule has 0 saturated carbocycles. The van der Waals surface area contributed by atoms with Crippen LogP contribution in [0, 0.1) is 18.3 Å². The number of carbonyl (C=O) groups is 1. The second kappa shape index (κ2) is 7.71. The number of hydrogen-bond donors (Lipinski definition) is 1. The van der Waals surface area contributed by atoms with Gasteiger partial charge in [-0.25, -0.2) is 0 Å². The Kier molecular flexibility index (Phi) is 5.40. The number of aromatic nitrogens is 1. The molecule has 0 fully saturated rings. The van der Waals surface area contributed by atoms with Crippen LogP contribution in [0.25, 0.3) is 10.1 Å². The predicted molar refractivity (Wildman–Crippen MR) is 99.0 cm³/mol. The average molecular weight is 413 g/mol. The summed E-state index contributed by atoms with van der Waals surface area (Å²) in [7, 11) is 0. The third-order valence-corrected chi connectivity index (χ3v) is 7.23. The molecule has 1 heterocycles. The van der Waals surface area contributed by atoms with Crippen LogP contribution in [0.1, 0.15) is 26.1 Å². The molecule has 6 heteroatoms. The molecule has 0 bridgehead atoms. The molecule has 3 rings (SSSR count). The molecule has 0 spiro atoms. The van der Waals surface area contributed by atoms with Crippen LogP contribution >= 0.6 is 11.8 Å². The molecule has 1 N–H and O–H groups in total. The van der Waals surface area contributed by atoms with Gasteiger partial charge in [0, 0.05) is 0 Å². The van der Waals surface area contributed by atoms with Crippen molar-refractivity contribution in [2.45, 2.75) is 17.6 Å². The van der Waals surface area contributed by atoms with Gasteiger partial charge in [0.05, 0.1) is 0 Å². The van der Waals surface area contributed by atoms with Crippen LogP contribution in [0.2, 0.25) is 0 Å². The first-order valence-electron chi connectivity index (χ1n) is 7.50. The number of benzene rings is 2. The van der Waals surface area contributed by atoms with Gasteiger partial charge in [0.2, 0.25) is 0 Å². The summed E-state index contributed by atoms with van der Waals surface area (Å²) in [5, 5.41) is 18.7. The normalized spacial score (nSPS) is 10.4. The third-order valence-electron chi connectivity index (χ3n) is 3.57. The van der Waals surface area contributed by atoms with Crippen LogP contribution in [-0.4, -0.2) is 30.6 Å². The molecule has 3 aromatic rings. The van der Waals surface area contributed by atoms with Gasteiger partial charge in [-0.3, -0.25) is 0 Å². The number of thioether (sulfide) groups is 1. The van der Waals surface area contributed by atoms with Gasteiger partial charge in [-0.15, -0.1) is 0 Å². The van der Waals surface area contributed by atoms with E-state index in [-0.39, 0.29) is 14.5 Å². The van der Waals surface area contributed by atoms with Gasteiger partial charge in [-0.05, 0) is 0 Å². The molecular formula is C19H14N2O2SSe. The number of carboxylic acids is 1. The van der Waals surface area contributed by atoms with Crippen molar-refractivity contribution in [1.29, 1.82) is 5.26 Å². The third kappa shape index (κ3) is 4.02. The van der Waals surface area contributed by atoms with Crippen LogP contribution in [0.5, 0.6) is 0 Å². The summed E-state index contributed by atoms with van der Waals surface area (Å²) in [6.07, 6.45) is 0. The molecular weight excluding hydrogens is 399 g/mol. The van der Waals surface area contributed by atoms with Crippen LogP contribution in [0.4, 0.5) is 0 Å². The van der Waals surface area contributed by atoms with Crippen LogP contribution in [-0.2, 0) is 5.75 Å². The first kappa shape index (κ1) is 17.5. The maximum atomic E-state index is 11.2. The van der Waals surface area contributed by atoms with Crippen molar-refractivity contribution in [1.82, 2.24) is 4.98 Å². The summed E-state index contributed by atoms with van der Waals surface area (Å²) in [6.45, 7) is 1.72. The molecule has 0 atom stereocenters. The van der Waals surface area contributed by atoms with E-state index in [0.29, 0.717) is 15.7 Å². The Hall–Kier alpha value is -2.32. The van der Waals surface area contributed by atoms with Gasteiger partial charge in [-0.2, -0.15) is 0 Å². The second-order valence-corrected chi connectivity index (χ2v) is 8.45. The van der Waals surface area contributed by atoms with E-state index in [1.54, 1.807) is 18.7 Å². The van der Waals surface area contributed by atoms with Crippen molar-refractivity contribution in [2.24, 2.45) is 0 Å². The quantitative estimate of drug-likeness (QED) is 0.506. The summed E-state index contributed by atoms with van der Waals surface area (Å²) in [5.74, 6) is -0.115. The predicted octanol–water partition coefficient (Wildman–Crippen LogP) is 3.98. The molecule has 4 nitrogen and oxygen atoms in total. The van der Waals surface area contributed by atoms with E-state index in [0.717, 1.165) is 20.8 Å². The first-order chi connectivity index (χ1) is 12.1. The summed E-state index contributed by atoms with van der Waals surface area (Å²) in [5.41, 5.74) is 3.19. The van der Waals surface area contributed by atoms with E-state index in [9.17, 15) is 15.2 Å². The zero-order valence-electron chi connectivity index (χ0n) is 13.4. The Morgan fingerprint density at radius 3 is 2.68 bits per heavy atom. The van der Waals surface area contributed by atoms with E-state index in [4.69, 9.17) is 0 Å². The molecule has 0 amide bonds. The number of nitriles is 1. The summed E-state index contributed by atoms with van der Waals surface area (Å²) in [4.78, 5) is 16.5. The molecule has 0 aliphatic rings. The van der Waals surface area contributed by atoms with Gasteiger partial charge in [0.1, 0.15) is 0 Å². The SMILES string of the molecule is Cc1nc(-c2ccc(SCc3ccccc3)c(C#N)c2)[se]c1C(=O)O. The molecule has 0 saturated heterocycles. The maximum absolute atomic E-state index is 11.2. The molecule has 0 aliphatic carbocycles. The number of hydrogen-bond acceptors (Lipinski definition) is 4. The fourth-order valence-corrected chi connectivity index (χ4v) is 5.16. The summed E-state index contributed by atoms with van der Waals surface area (Å²) >= 11 is 1.29. The van der Waals surface area contributed by atoms with Crippen molar-refractivity contribution >= 4 is 32.2 Å². The summed E-state index contributed by atoms with van der Waals surface area (Å²) < 4.78 is 1.14. The minimum atomic E-state index is -0.910. The molecule has 0 radical (unpaired) electrons.